The zero-order valence-corrected chi connectivity index (χ0v) is 17.2. The second kappa shape index (κ2) is 8.52. The Bertz CT molecular complexity index is 894. The van der Waals surface area contributed by atoms with Gasteiger partial charge in [0.15, 0.2) is 11.5 Å². The van der Waals surface area contributed by atoms with Crippen molar-refractivity contribution in [3.63, 3.8) is 0 Å². The number of benzene rings is 2. The standard InChI is InChI=1S/C20H21BrN2O5/c1-27-17-6-3-13(11-18(17)28-2)19(25)22-7-9-23(10-8-22)20(26)15-12-14(21)4-5-16(15)24/h3-6,11-12,24H,7-10H2,1-2H3. The number of amides is 2. The first kappa shape index (κ1) is 20.0. The topological polar surface area (TPSA) is 79.3 Å². The lowest BCUT2D eigenvalue weighted by Gasteiger charge is -2.35. The average molecular weight is 449 g/mol. The number of hydrogen-bond donors (Lipinski definition) is 1. The van der Waals surface area contributed by atoms with Crippen LogP contribution in [-0.2, 0) is 0 Å². The van der Waals surface area contributed by atoms with Crippen LogP contribution in [0.1, 0.15) is 20.7 Å². The number of piperazine rings is 1. The fourth-order valence-electron chi connectivity index (χ4n) is 3.11. The molecule has 1 fully saturated rings. The van der Waals surface area contributed by atoms with Gasteiger partial charge in [-0.3, -0.25) is 9.59 Å². The molecule has 148 valence electrons. The summed E-state index contributed by atoms with van der Waals surface area (Å²) < 4.78 is 11.2. The van der Waals surface area contributed by atoms with Crippen LogP contribution in [0.3, 0.4) is 0 Å². The van der Waals surface area contributed by atoms with E-state index in [1.165, 1.54) is 13.2 Å². The zero-order chi connectivity index (χ0) is 20.3. The molecule has 0 unspecified atom stereocenters. The largest absolute Gasteiger partial charge is 0.507 e. The minimum atomic E-state index is -0.253. The van der Waals surface area contributed by atoms with Gasteiger partial charge in [0.05, 0.1) is 19.8 Å². The quantitative estimate of drug-likeness (QED) is 0.777. The van der Waals surface area contributed by atoms with Gasteiger partial charge in [-0.2, -0.15) is 0 Å². The molecule has 2 aromatic carbocycles. The van der Waals surface area contributed by atoms with Crippen molar-refractivity contribution in [2.45, 2.75) is 0 Å². The Balaban J connectivity index is 1.67. The van der Waals surface area contributed by atoms with Gasteiger partial charge >= 0.3 is 0 Å². The first-order valence-corrected chi connectivity index (χ1v) is 9.53. The van der Waals surface area contributed by atoms with Crippen molar-refractivity contribution in [3.05, 3.63) is 52.0 Å². The molecule has 8 heteroatoms. The number of ether oxygens (including phenoxy) is 2. The Kier molecular flexibility index (Phi) is 6.08. The van der Waals surface area contributed by atoms with Crippen LogP contribution >= 0.6 is 15.9 Å². The van der Waals surface area contributed by atoms with E-state index in [4.69, 9.17) is 9.47 Å². The molecule has 2 aromatic rings. The highest BCUT2D eigenvalue weighted by Gasteiger charge is 2.27. The molecule has 2 amide bonds. The molecule has 1 saturated heterocycles. The monoisotopic (exact) mass is 448 g/mol. The third kappa shape index (κ3) is 4.06. The van der Waals surface area contributed by atoms with Gasteiger partial charge in [0.25, 0.3) is 11.8 Å². The number of phenolic OH excluding ortho intramolecular Hbond substituents is 1. The number of rotatable bonds is 4. The molecule has 1 N–H and O–H groups in total. The third-order valence-electron chi connectivity index (χ3n) is 4.67. The number of aromatic hydroxyl groups is 1. The van der Waals surface area contributed by atoms with Crippen molar-refractivity contribution in [2.75, 3.05) is 40.4 Å². The molecular formula is C20H21BrN2O5. The third-order valence-corrected chi connectivity index (χ3v) is 5.17. The molecule has 0 bridgehead atoms. The molecule has 0 radical (unpaired) electrons. The lowest BCUT2D eigenvalue weighted by molar-refractivity contribution is 0.0533. The summed E-state index contributed by atoms with van der Waals surface area (Å²) in [4.78, 5) is 28.8. The van der Waals surface area contributed by atoms with Crippen LogP contribution in [0.4, 0.5) is 0 Å². The van der Waals surface area contributed by atoms with Gasteiger partial charge in [0, 0.05) is 36.2 Å². The fraction of sp³-hybridized carbons (Fsp3) is 0.300. The molecule has 7 nitrogen and oxygen atoms in total. The highest BCUT2D eigenvalue weighted by Crippen LogP contribution is 2.28. The zero-order valence-electron chi connectivity index (χ0n) is 15.6. The van der Waals surface area contributed by atoms with Crippen molar-refractivity contribution in [1.82, 2.24) is 9.80 Å². The maximum Gasteiger partial charge on any atom is 0.257 e. The summed E-state index contributed by atoms with van der Waals surface area (Å²) in [6.45, 7) is 1.61. The Morgan fingerprint density at radius 2 is 1.50 bits per heavy atom. The van der Waals surface area contributed by atoms with E-state index in [1.54, 1.807) is 47.2 Å². The molecule has 0 spiro atoms. The molecular weight excluding hydrogens is 428 g/mol. The molecule has 3 rings (SSSR count). The smallest absolute Gasteiger partial charge is 0.257 e. The summed E-state index contributed by atoms with van der Waals surface area (Å²) in [6, 6.07) is 9.79. The van der Waals surface area contributed by atoms with Gasteiger partial charge in [-0.25, -0.2) is 0 Å². The highest BCUT2D eigenvalue weighted by atomic mass is 79.9. The van der Waals surface area contributed by atoms with Crippen LogP contribution in [0.15, 0.2) is 40.9 Å². The van der Waals surface area contributed by atoms with Crippen LogP contribution < -0.4 is 9.47 Å². The van der Waals surface area contributed by atoms with Crippen molar-refractivity contribution in [1.29, 1.82) is 0 Å². The lowest BCUT2D eigenvalue weighted by atomic mass is 10.1. The predicted octanol–water partition coefficient (Wildman–Crippen LogP) is 2.77. The second-order valence-corrected chi connectivity index (χ2v) is 7.23. The van der Waals surface area contributed by atoms with E-state index in [2.05, 4.69) is 15.9 Å². The van der Waals surface area contributed by atoms with Gasteiger partial charge in [-0.1, -0.05) is 15.9 Å². The minimum absolute atomic E-state index is 0.0583. The van der Waals surface area contributed by atoms with E-state index < -0.39 is 0 Å². The fourth-order valence-corrected chi connectivity index (χ4v) is 3.48. The van der Waals surface area contributed by atoms with Crippen molar-refractivity contribution < 1.29 is 24.2 Å². The molecule has 28 heavy (non-hydrogen) atoms. The number of carbonyl (C=O) groups is 2. The number of phenols is 1. The normalized spacial score (nSPS) is 14.0. The molecule has 1 aliphatic rings. The Labute approximate surface area is 171 Å². The number of hydrogen-bond acceptors (Lipinski definition) is 5. The molecule has 0 aromatic heterocycles. The first-order valence-electron chi connectivity index (χ1n) is 8.73. The van der Waals surface area contributed by atoms with Crippen LogP contribution in [0.2, 0.25) is 0 Å². The summed E-state index contributed by atoms with van der Waals surface area (Å²) >= 11 is 3.31. The van der Waals surface area contributed by atoms with E-state index in [9.17, 15) is 14.7 Å². The highest BCUT2D eigenvalue weighted by molar-refractivity contribution is 9.10. The van der Waals surface area contributed by atoms with Crippen molar-refractivity contribution in [2.24, 2.45) is 0 Å². The number of nitrogens with zero attached hydrogens (tertiary/aromatic N) is 2. The van der Waals surface area contributed by atoms with E-state index in [-0.39, 0.29) is 23.1 Å². The van der Waals surface area contributed by atoms with Crippen LogP contribution in [0.25, 0.3) is 0 Å². The Morgan fingerprint density at radius 3 is 2.11 bits per heavy atom. The van der Waals surface area contributed by atoms with Crippen molar-refractivity contribution >= 4 is 27.7 Å². The second-order valence-electron chi connectivity index (χ2n) is 6.32. The first-order chi connectivity index (χ1) is 13.4. The van der Waals surface area contributed by atoms with Gasteiger partial charge < -0.3 is 24.4 Å². The lowest BCUT2D eigenvalue weighted by Crippen LogP contribution is -2.50. The minimum Gasteiger partial charge on any atom is -0.507 e. The van der Waals surface area contributed by atoms with E-state index in [1.807, 2.05) is 0 Å². The average Bonchev–Trinajstić information content (AvgIpc) is 2.74. The van der Waals surface area contributed by atoms with Gasteiger partial charge in [0.1, 0.15) is 5.75 Å². The van der Waals surface area contributed by atoms with Crippen molar-refractivity contribution in [3.8, 4) is 17.2 Å². The van der Waals surface area contributed by atoms with Crippen LogP contribution in [-0.4, -0.2) is 67.1 Å². The summed E-state index contributed by atoms with van der Waals surface area (Å²) in [6.07, 6.45) is 0. The number of methoxy groups -OCH3 is 2. The predicted molar refractivity (Wildman–Crippen MR) is 107 cm³/mol. The maximum absolute atomic E-state index is 12.8. The summed E-state index contributed by atoms with van der Waals surface area (Å²) in [5.74, 6) is 0.614. The molecule has 1 aliphatic heterocycles. The Hall–Kier alpha value is -2.74. The SMILES string of the molecule is COc1ccc(C(=O)N2CCN(C(=O)c3cc(Br)ccc3O)CC2)cc1OC. The van der Waals surface area contributed by atoms with E-state index in [0.29, 0.717) is 43.2 Å². The Morgan fingerprint density at radius 1 is 0.893 bits per heavy atom. The van der Waals surface area contributed by atoms with Crippen LogP contribution in [0, 0.1) is 0 Å². The number of halogens is 1. The molecule has 0 atom stereocenters. The van der Waals surface area contributed by atoms with Gasteiger partial charge in [-0.05, 0) is 36.4 Å². The molecule has 1 heterocycles. The van der Waals surface area contributed by atoms with Crippen LogP contribution in [0.5, 0.6) is 17.2 Å². The van der Waals surface area contributed by atoms with Gasteiger partial charge in [-0.15, -0.1) is 0 Å². The van der Waals surface area contributed by atoms with E-state index in [0.717, 1.165) is 4.47 Å². The van der Waals surface area contributed by atoms with Gasteiger partial charge in [0.2, 0.25) is 0 Å². The number of carbonyl (C=O) groups excluding carboxylic acids is 2. The summed E-state index contributed by atoms with van der Waals surface area (Å²) in [7, 11) is 3.06. The maximum atomic E-state index is 12.8. The summed E-state index contributed by atoms with van der Waals surface area (Å²) in [5, 5.41) is 9.96. The molecule has 0 saturated carbocycles. The summed E-state index contributed by atoms with van der Waals surface area (Å²) in [5.41, 5.74) is 0.746. The van der Waals surface area contributed by atoms with E-state index >= 15 is 0 Å². The molecule has 0 aliphatic carbocycles.